The van der Waals surface area contributed by atoms with Crippen LogP contribution < -0.4 is 0 Å². The summed E-state index contributed by atoms with van der Waals surface area (Å²) >= 11 is 0. The fourth-order valence-corrected chi connectivity index (χ4v) is 2.39. The Morgan fingerprint density at radius 2 is 2.09 bits per heavy atom. The molecule has 0 bridgehead atoms. The van der Waals surface area contributed by atoms with Gasteiger partial charge in [-0.1, -0.05) is 13.8 Å². The molecule has 0 atom stereocenters. The molecule has 0 aliphatic carbocycles. The molecule has 1 amide bonds. The number of hydrogen-bond donors (Lipinski definition) is 2. The quantitative estimate of drug-likeness (QED) is 0.625. The maximum absolute atomic E-state index is 12.6. The van der Waals surface area contributed by atoms with Crippen molar-refractivity contribution in [2.75, 3.05) is 13.1 Å². The number of aliphatic carboxylic acids is 1. The van der Waals surface area contributed by atoms with Gasteiger partial charge in [-0.2, -0.15) is 0 Å². The van der Waals surface area contributed by atoms with Crippen molar-refractivity contribution in [3.63, 3.8) is 0 Å². The number of aromatic amines is 1. The molecule has 1 aromatic carbocycles. The zero-order valence-electron chi connectivity index (χ0n) is 12.8. The van der Waals surface area contributed by atoms with Crippen molar-refractivity contribution in [2.24, 2.45) is 5.92 Å². The summed E-state index contributed by atoms with van der Waals surface area (Å²) < 4.78 is 0. The number of nitro benzene ring substituents is 1. The maximum atomic E-state index is 12.6. The van der Waals surface area contributed by atoms with Crippen LogP contribution in [-0.4, -0.2) is 44.9 Å². The molecule has 2 rings (SSSR count). The minimum absolute atomic E-state index is 0.0952. The summed E-state index contributed by atoms with van der Waals surface area (Å²) in [6, 6.07) is 4.18. The van der Waals surface area contributed by atoms with E-state index in [-0.39, 0.29) is 23.7 Å². The predicted octanol–water partition coefficient (Wildman–Crippen LogP) is 2.26. The van der Waals surface area contributed by atoms with Gasteiger partial charge in [-0.25, -0.2) is 0 Å². The van der Waals surface area contributed by atoms with Crippen LogP contribution in [0.2, 0.25) is 0 Å². The maximum Gasteiger partial charge on any atom is 0.323 e. The average molecular weight is 319 g/mol. The molecular formula is C15H17N3O5. The minimum Gasteiger partial charge on any atom is -0.480 e. The van der Waals surface area contributed by atoms with Gasteiger partial charge < -0.3 is 15.0 Å². The highest BCUT2D eigenvalue weighted by Gasteiger charge is 2.23. The predicted molar refractivity (Wildman–Crippen MR) is 83.3 cm³/mol. The van der Waals surface area contributed by atoms with Gasteiger partial charge in [0.1, 0.15) is 6.54 Å². The number of aromatic nitrogens is 1. The van der Waals surface area contributed by atoms with Gasteiger partial charge in [0, 0.05) is 35.8 Å². The van der Waals surface area contributed by atoms with Crippen LogP contribution in [0.3, 0.4) is 0 Å². The number of hydrogen-bond acceptors (Lipinski definition) is 4. The molecule has 0 aliphatic rings. The van der Waals surface area contributed by atoms with Gasteiger partial charge in [-0.15, -0.1) is 0 Å². The number of carbonyl (C=O) groups excluding carboxylic acids is 1. The number of non-ortho nitro benzene ring substituents is 1. The first-order valence-corrected chi connectivity index (χ1v) is 7.06. The van der Waals surface area contributed by atoms with E-state index in [2.05, 4.69) is 4.98 Å². The molecule has 1 aromatic heterocycles. The van der Waals surface area contributed by atoms with E-state index < -0.39 is 23.3 Å². The number of rotatable bonds is 6. The summed E-state index contributed by atoms with van der Waals surface area (Å²) in [5.74, 6) is -1.48. The van der Waals surface area contributed by atoms with E-state index in [1.54, 1.807) is 0 Å². The highest BCUT2D eigenvalue weighted by atomic mass is 16.6. The third-order valence-corrected chi connectivity index (χ3v) is 3.31. The number of fused-ring (bicyclic) bond motifs is 1. The first-order chi connectivity index (χ1) is 10.8. The van der Waals surface area contributed by atoms with E-state index in [0.29, 0.717) is 10.9 Å². The van der Waals surface area contributed by atoms with Crippen LogP contribution in [0.1, 0.15) is 24.2 Å². The molecule has 0 spiro atoms. The lowest BCUT2D eigenvalue weighted by Gasteiger charge is -2.22. The molecule has 0 saturated heterocycles. The number of nitro groups is 1. The van der Waals surface area contributed by atoms with E-state index in [9.17, 15) is 19.7 Å². The molecule has 0 fully saturated rings. The summed E-state index contributed by atoms with van der Waals surface area (Å²) in [4.78, 5) is 38.1. The van der Waals surface area contributed by atoms with Gasteiger partial charge in [0.2, 0.25) is 0 Å². The second kappa shape index (κ2) is 6.47. The van der Waals surface area contributed by atoms with Gasteiger partial charge in [-0.3, -0.25) is 19.7 Å². The minimum atomic E-state index is -1.11. The van der Waals surface area contributed by atoms with Gasteiger partial charge in [0.05, 0.1) is 10.5 Å². The van der Waals surface area contributed by atoms with Crippen LogP contribution in [0, 0.1) is 16.0 Å². The van der Waals surface area contributed by atoms with Crippen LogP contribution in [0.5, 0.6) is 0 Å². The Bertz CT molecular complexity index is 766. The van der Waals surface area contributed by atoms with E-state index in [1.807, 2.05) is 13.8 Å². The lowest BCUT2D eigenvalue weighted by Crippen LogP contribution is -2.38. The molecule has 8 heteroatoms. The van der Waals surface area contributed by atoms with Crippen molar-refractivity contribution in [3.05, 3.63) is 40.1 Å². The number of nitrogens with zero attached hydrogens (tertiary/aromatic N) is 2. The van der Waals surface area contributed by atoms with Crippen molar-refractivity contribution in [2.45, 2.75) is 13.8 Å². The second-order valence-electron chi connectivity index (χ2n) is 5.66. The Morgan fingerprint density at radius 1 is 1.39 bits per heavy atom. The van der Waals surface area contributed by atoms with Crippen molar-refractivity contribution in [1.29, 1.82) is 0 Å². The Balaban J connectivity index is 2.43. The summed E-state index contributed by atoms with van der Waals surface area (Å²) in [6.07, 6.45) is 1.45. The Labute approximate surface area is 131 Å². The van der Waals surface area contributed by atoms with Gasteiger partial charge in [0.15, 0.2) is 0 Å². The first kappa shape index (κ1) is 16.5. The Hall–Kier alpha value is -2.90. The standard InChI is InChI=1S/C15H17N3O5/c1-9(2)7-17(8-14(19)20)15(21)12-6-16-13-4-3-10(18(22)23)5-11(12)13/h3-6,9,16H,7-8H2,1-2H3,(H,19,20). The molecule has 0 unspecified atom stereocenters. The molecule has 0 aliphatic heterocycles. The number of carbonyl (C=O) groups is 2. The van der Waals surface area contributed by atoms with E-state index >= 15 is 0 Å². The van der Waals surface area contributed by atoms with Crippen molar-refractivity contribution in [3.8, 4) is 0 Å². The molecule has 2 aromatic rings. The van der Waals surface area contributed by atoms with Gasteiger partial charge in [-0.05, 0) is 12.0 Å². The van der Waals surface area contributed by atoms with Crippen molar-refractivity contribution in [1.82, 2.24) is 9.88 Å². The summed E-state index contributed by atoms with van der Waals surface area (Å²) in [6.45, 7) is 3.62. The van der Waals surface area contributed by atoms with E-state index in [0.717, 1.165) is 0 Å². The van der Waals surface area contributed by atoms with Crippen molar-refractivity contribution < 1.29 is 19.6 Å². The molecule has 8 nitrogen and oxygen atoms in total. The number of benzene rings is 1. The second-order valence-corrected chi connectivity index (χ2v) is 5.66. The summed E-state index contributed by atoms with van der Waals surface area (Å²) in [7, 11) is 0. The SMILES string of the molecule is CC(C)CN(CC(=O)O)C(=O)c1c[nH]c2ccc([N+](=O)[O-])cc12. The summed E-state index contributed by atoms with van der Waals surface area (Å²) in [5.41, 5.74) is 0.684. The molecular weight excluding hydrogens is 302 g/mol. The van der Waals surface area contributed by atoms with Gasteiger partial charge in [0.25, 0.3) is 11.6 Å². The molecule has 0 radical (unpaired) electrons. The topological polar surface area (TPSA) is 117 Å². The number of nitrogens with one attached hydrogen (secondary N) is 1. The van der Waals surface area contributed by atoms with Crippen molar-refractivity contribution >= 4 is 28.5 Å². The fraction of sp³-hybridized carbons (Fsp3) is 0.333. The molecule has 23 heavy (non-hydrogen) atoms. The molecule has 2 N–H and O–H groups in total. The molecule has 0 saturated carbocycles. The molecule has 122 valence electrons. The average Bonchev–Trinajstić information content (AvgIpc) is 2.87. The zero-order chi connectivity index (χ0) is 17.1. The number of amides is 1. The monoisotopic (exact) mass is 319 g/mol. The fourth-order valence-electron chi connectivity index (χ4n) is 2.39. The first-order valence-electron chi connectivity index (χ1n) is 7.06. The summed E-state index contributed by atoms with van der Waals surface area (Å²) in [5, 5.41) is 20.3. The van der Waals surface area contributed by atoms with Crippen LogP contribution in [-0.2, 0) is 4.79 Å². The lowest BCUT2D eigenvalue weighted by molar-refractivity contribution is -0.384. The van der Waals surface area contributed by atoms with Crippen LogP contribution >= 0.6 is 0 Å². The number of H-pyrrole nitrogens is 1. The Morgan fingerprint density at radius 3 is 2.65 bits per heavy atom. The Kier molecular flexibility index (Phi) is 4.63. The van der Waals surface area contributed by atoms with E-state index in [1.165, 1.54) is 29.3 Å². The van der Waals surface area contributed by atoms with Crippen LogP contribution in [0.4, 0.5) is 5.69 Å². The van der Waals surface area contributed by atoms with Crippen LogP contribution in [0.25, 0.3) is 10.9 Å². The number of carboxylic acid groups (broad SMARTS) is 1. The highest BCUT2D eigenvalue weighted by Crippen LogP contribution is 2.25. The smallest absolute Gasteiger partial charge is 0.323 e. The normalized spacial score (nSPS) is 10.9. The van der Waals surface area contributed by atoms with Gasteiger partial charge >= 0.3 is 5.97 Å². The lowest BCUT2D eigenvalue weighted by atomic mass is 10.1. The largest absolute Gasteiger partial charge is 0.480 e. The third kappa shape index (κ3) is 3.65. The highest BCUT2D eigenvalue weighted by molar-refractivity contribution is 6.07. The third-order valence-electron chi connectivity index (χ3n) is 3.31. The number of carboxylic acids is 1. The van der Waals surface area contributed by atoms with E-state index in [4.69, 9.17) is 5.11 Å². The zero-order valence-corrected chi connectivity index (χ0v) is 12.8. The molecule has 1 heterocycles. The van der Waals surface area contributed by atoms with Crippen LogP contribution in [0.15, 0.2) is 24.4 Å².